The number of carboxylic acids is 2. The molecule has 1 saturated heterocycles. The summed E-state index contributed by atoms with van der Waals surface area (Å²) in [4.78, 5) is 31.4. The highest BCUT2D eigenvalue weighted by Gasteiger charge is 2.23. The summed E-state index contributed by atoms with van der Waals surface area (Å²) in [5.74, 6) is -2.64. The molecule has 0 spiro atoms. The van der Waals surface area contributed by atoms with E-state index in [-0.39, 0.29) is 17.4 Å². The lowest BCUT2D eigenvalue weighted by Gasteiger charge is -2.26. The Morgan fingerprint density at radius 1 is 1.14 bits per heavy atom. The predicted octanol–water partition coefficient (Wildman–Crippen LogP) is 0.291. The molecule has 0 saturated carbocycles. The smallest absolute Gasteiger partial charge is 0.414 e. The van der Waals surface area contributed by atoms with Gasteiger partial charge in [0, 0.05) is 25.2 Å². The lowest BCUT2D eigenvalue weighted by atomic mass is 10.1. The lowest BCUT2D eigenvalue weighted by molar-refractivity contribution is -0.385. The van der Waals surface area contributed by atoms with Crippen molar-refractivity contribution in [3.63, 3.8) is 0 Å². The molecule has 1 fully saturated rings. The Bertz CT molecular complexity index is 723. The number of nitrogens with zero attached hydrogens (tertiary/aromatic N) is 2. The number of hydrogen-bond acceptors (Lipinski definition) is 9. The number of fused-ring (bicyclic) bond motifs is 1. The van der Waals surface area contributed by atoms with Gasteiger partial charge in [0.25, 0.3) is 5.69 Å². The average Bonchev–Trinajstić information content (AvgIpc) is 3.15. The Kier molecular flexibility index (Phi) is 8.58. The number of benzene rings is 1. The normalized spacial score (nSPS) is 15.3. The van der Waals surface area contributed by atoms with Gasteiger partial charge in [-0.2, -0.15) is 0 Å². The SMILES string of the molecule is O=C(O)C(=O)O.O=[N+]([O-])c1cc2c(cc1CNCCCN1CCOCC1)OCO2. The van der Waals surface area contributed by atoms with Gasteiger partial charge in [0.1, 0.15) is 0 Å². The molecule has 29 heavy (non-hydrogen) atoms. The van der Waals surface area contributed by atoms with Crippen LogP contribution < -0.4 is 14.8 Å². The molecule has 0 amide bonds. The minimum absolute atomic E-state index is 0.0647. The van der Waals surface area contributed by atoms with E-state index < -0.39 is 11.9 Å². The minimum Gasteiger partial charge on any atom is -0.473 e. The summed E-state index contributed by atoms with van der Waals surface area (Å²) in [7, 11) is 0. The molecule has 0 aromatic heterocycles. The second-order valence-corrected chi connectivity index (χ2v) is 6.19. The molecule has 0 radical (unpaired) electrons. The molecule has 0 unspecified atom stereocenters. The van der Waals surface area contributed by atoms with Crippen LogP contribution in [0.4, 0.5) is 5.69 Å². The minimum atomic E-state index is -1.82. The Hall–Kier alpha value is -2.96. The van der Waals surface area contributed by atoms with Crippen LogP contribution >= 0.6 is 0 Å². The highest BCUT2D eigenvalue weighted by atomic mass is 16.7. The summed E-state index contributed by atoms with van der Waals surface area (Å²) >= 11 is 0. The molecule has 160 valence electrons. The van der Waals surface area contributed by atoms with Gasteiger partial charge >= 0.3 is 11.9 Å². The number of ether oxygens (including phenoxy) is 3. The van der Waals surface area contributed by atoms with Gasteiger partial charge in [-0.05, 0) is 25.6 Å². The van der Waals surface area contributed by atoms with Crippen molar-refractivity contribution in [1.29, 1.82) is 0 Å². The molecule has 2 heterocycles. The Morgan fingerprint density at radius 3 is 2.34 bits per heavy atom. The first-order chi connectivity index (χ1) is 13.9. The summed E-state index contributed by atoms with van der Waals surface area (Å²) in [5.41, 5.74) is 0.681. The molecular formula is C17H23N3O9. The molecule has 0 aliphatic carbocycles. The van der Waals surface area contributed by atoms with Crippen LogP contribution in [0.25, 0.3) is 0 Å². The van der Waals surface area contributed by atoms with Crippen molar-refractivity contribution in [3.8, 4) is 11.5 Å². The van der Waals surface area contributed by atoms with E-state index in [1.807, 2.05) is 0 Å². The van der Waals surface area contributed by atoms with E-state index >= 15 is 0 Å². The highest BCUT2D eigenvalue weighted by Crippen LogP contribution is 2.37. The van der Waals surface area contributed by atoms with Crippen LogP contribution in [0.2, 0.25) is 0 Å². The molecule has 2 aliphatic rings. The first kappa shape index (κ1) is 22.3. The van der Waals surface area contributed by atoms with Crippen molar-refractivity contribution in [1.82, 2.24) is 10.2 Å². The number of carboxylic acid groups (broad SMARTS) is 2. The zero-order valence-corrected chi connectivity index (χ0v) is 15.7. The first-order valence-corrected chi connectivity index (χ1v) is 8.92. The maximum atomic E-state index is 11.2. The van der Waals surface area contributed by atoms with Gasteiger partial charge in [-0.1, -0.05) is 0 Å². The zero-order valence-electron chi connectivity index (χ0n) is 15.7. The summed E-state index contributed by atoms with van der Waals surface area (Å²) < 4.78 is 15.8. The number of aliphatic carboxylic acids is 2. The third-order valence-electron chi connectivity index (χ3n) is 4.20. The number of hydrogen-bond donors (Lipinski definition) is 3. The van der Waals surface area contributed by atoms with Gasteiger partial charge in [0.2, 0.25) is 6.79 Å². The Morgan fingerprint density at radius 2 is 1.76 bits per heavy atom. The van der Waals surface area contributed by atoms with Gasteiger partial charge in [-0.3, -0.25) is 15.0 Å². The van der Waals surface area contributed by atoms with Crippen molar-refractivity contribution < 1.29 is 38.9 Å². The number of nitro benzene ring substituents is 1. The quantitative estimate of drug-likeness (QED) is 0.244. The standard InChI is InChI=1S/C15H21N3O5.C2H2O4/c19-18(20)13-9-15-14(22-11-23-15)8-12(13)10-16-2-1-3-17-4-6-21-7-5-17;3-1(4)2(5)6/h8-9,16H,1-7,10-11H2;(H,3,4)(H,5,6). The topological polar surface area (TPSA) is 161 Å². The van der Waals surface area contributed by atoms with E-state index in [0.29, 0.717) is 23.6 Å². The van der Waals surface area contributed by atoms with Crippen LogP contribution in [0.15, 0.2) is 12.1 Å². The second-order valence-electron chi connectivity index (χ2n) is 6.19. The van der Waals surface area contributed by atoms with Crippen molar-refractivity contribution in [2.24, 2.45) is 0 Å². The molecule has 2 aliphatic heterocycles. The van der Waals surface area contributed by atoms with Gasteiger partial charge in [0.15, 0.2) is 11.5 Å². The van der Waals surface area contributed by atoms with Gasteiger partial charge in [-0.25, -0.2) is 9.59 Å². The maximum absolute atomic E-state index is 11.2. The molecular weight excluding hydrogens is 390 g/mol. The van der Waals surface area contributed by atoms with Crippen LogP contribution in [0.1, 0.15) is 12.0 Å². The molecule has 3 rings (SSSR count). The summed E-state index contributed by atoms with van der Waals surface area (Å²) in [6.07, 6.45) is 0.998. The maximum Gasteiger partial charge on any atom is 0.414 e. The van der Waals surface area contributed by atoms with Crippen LogP contribution in [0, 0.1) is 10.1 Å². The fourth-order valence-corrected chi connectivity index (χ4v) is 2.76. The second kappa shape index (κ2) is 11.1. The highest BCUT2D eigenvalue weighted by molar-refractivity contribution is 6.27. The van der Waals surface area contributed by atoms with Gasteiger partial charge in [-0.15, -0.1) is 0 Å². The van der Waals surface area contributed by atoms with Crippen molar-refractivity contribution >= 4 is 17.6 Å². The van der Waals surface area contributed by atoms with Crippen LogP contribution in [0.3, 0.4) is 0 Å². The van der Waals surface area contributed by atoms with E-state index in [1.165, 1.54) is 6.07 Å². The average molecular weight is 413 g/mol. The van der Waals surface area contributed by atoms with Crippen LogP contribution in [-0.2, 0) is 20.9 Å². The molecule has 0 bridgehead atoms. The number of nitrogens with one attached hydrogen (secondary N) is 1. The lowest BCUT2D eigenvalue weighted by Crippen LogP contribution is -2.37. The molecule has 3 N–H and O–H groups in total. The summed E-state index contributed by atoms with van der Waals surface area (Å²) in [6, 6.07) is 3.13. The largest absolute Gasteiger partial charge is 0.473 e. The molecule has 12 heteroatoms. The Labute approximate surface area is 166 Å². The third-order valence-corrected chi connectivity index (χ3v) is 4.20. The van der Waals surface area contributed by atoms with Crippen LogP contribution in [0.5, 0.6) is 11.5 Å². The summed E-state index contributed by atoms with van der Waals surface area (Å²) in [5, 5.41) is 29.2. The van der Waals surface area contributed by atoms with Crippen LogP contribution in [-0.4, -0.2) is 78.2 Å². The summed E-state index contributed by atoms with van der Waals surface area (Å²) in [6.45, 7) is 5.94. The third kappa shape index (κ3) is 7.18. The number of morpholine rings is 1. The molecule has 1 aromatic rings. The number of rotatable bonds is 7. The molecule has 12 nitrogen and oxygen atoms in total. The Balaban J connectivity index is 0.000000438. The van der Waals surface area contributed by atoms with E-state index in [2.05, 4.69) is 10.2 Å². The van der Waals surface area contributed by atoms with Crippen molar-refractivity contribution in [2.75, 3.05) is 46.2 Å². The fourth-order valence-electron chi connectivity index (χ4n) is 2.76. The van der Waals surface area contributed by atoms with Crippen molar-refractivity contribution in [3.05, 3.63) is 27.8 Å². The van der Waals surface area contributed by atoms with Crippen molar-refractivity contribution in [2.45, 2.75) is 13.0 Å². The number of nitro groups is 1. The molecule has 1 aromatic carbocycles. The van der Waals surface area contributed by atoms with Gasteiger partial charge < -0.3 is 29.7 Å². The zero-order chi connectivity index (χ0) is 21.2. The number of carbonyl (C=O) groups is 2. The van der Waals surface area contributed by atoms with E-state index in [9.17, 15) is 10.1 Å². The monoisotopic (exact) mass is 413 g/mol. The van der Waals surface area contributed by atoms with E-state index in [4.69, 9.17) is 34.0 Å². The predicted molar refractivity (Wildman–Crippen MR) is 98.1 cm³/mol. The molecule has 0 atom stereocenters. The van der Waals surface area contributed by atoms with Gasteiger partial charge in [0.05, 0.1) is 24.2 Å². The fraction of sp³-hybridized carbons (Fsp3) is 0.529. The van der Waals surface area contributed by atoms with E-state index in [0.717, 1.165) is 45.8 Å². The first-order valence-electron chi connectivity index (χ1n) is 8.92. The van der Waals surface area contributed by atoms with E-state index in [1.54, 1.807) is 6.07 Å².